The topological polar surface area (TPSA) is 70.1 Å². The Bertz CT molecular complexity index is 287. The van der Waals surface area contributed by atoms with Gasteiger partial charge in [-0.25, -0.2) is 9.78 Å². The maximum absolute atomic E-state index is 10.7. The Labute approximate surface area is 80.3 Å². The van der Waals surface area contributed by atoms with Gasteiger partial charge in [0.1, 0.15) is 5.82 Å². The van der Waals surface area contributed by atoms with E-state index in [4.69, 9.17) is 5.73 Å². The fourth-order valence-corrected chi connectivity index (χ4v) is 1.38. The maximum atomic E-state index is 10.7. The number of nitrogens with zero attached hydrogens (tertiary/aromatic N) is 2. The number of methoxy groups -OCH3 is 1. The summed E-state index contributed by atoms with van der Waals surface area (Å²) in [6.45, 7) is 0.698. The Kier molecular flexibility index (Phi) is 3.63. The Hall–Kier alpha value is -1.17. The summed E-state index contributed by atoms with van der Waals surface area (Å²) in [5.41, 5.74) is 5.41. The number of hydrogen-bond acceptors (Lipinski definition) is 5. The highest BCUT2D eigenvalue weighted by atomic mass is 32.2. The second-order valence-corrected chi connectivity index (χ2v) is 3.37. The molecule has 72 valence electrons. The van der Waals surface area contributed by atoms with Crippen LogP contribution in [0.2, 0.25) is 0 Å². The number of anilines is 1. The lowest BCUT2D eigenvalue weighted by Crippen LogP contribution is -2.00. The molecule has 0 bridgehead atoms. The van der Waals surface area contributed by atoms with Gasteiger partial charge in [0, 0.05) is 18.5 Å². The molecule has 1 aromatic heterocycles. The van der Waals surface area contributed by atoms with E-state index in [9.17, 15) is 4.79 Å². The van der Waals surface area contributed by atoms with Gasteiger partial charge in [-0.2, -0.15) is 0 Å². The summed E-state index contributed by atoms with van der Waals surface area (Å²) >= 11 is 1.13. The molecule has 0 fully saturated rings. The maximum Gasteiger partial charge on any atom is 0.367 e. The van der Waals surface area contributed by atoms with Crippen LogP contribution < -0.4 is 5.73 Å². The number of nitrogen functional groups attached to an aromatic ring is 1. The highest BCUT2D eigenvalue weighted by Gasteiger charge is 2.00. The van der Waals surface area contributed by atoms with Gasteiger partial charge in [0.25, 0.3) is 0 Å². The summed E-state index contributed by atoms with van der Waals surface area (Å²) in [5, 5.41) is -0.270. The van der Waals surface area contributed by atoms with E-state index in [0.29, 0.717) is 18.1 Å². The molecule has 0 saturated heterocycles. The molecule has 1 heterocycles. The van der Waals surface area contributed by atoms with Crippen LogP contribution in [0.3, 0.4) is 0 Å². The van der Waals surface area contributed by atoms with Gasteiger partial charge in [-0.05, 0) is 11.8 Å². The van der Waals surface area contributed by atoms with Crippen molar-refractivity contribution in [3.05, 3.63) is 12.5 Å². The molecule has 0 amide bonds. The summed E-state index contributed by atoms with van der Waals surface area (Å²) in [6, 6.07) is 0. The first-order chi connectivity index (χ1) is 6.22. The number of carbonyl (C=O) groups excluding carboxylic acids is 1. The van der Waals surface area contributed by atoms with Crippen molar-refractivity contribution in [3.8, 4) is 0 Å². The minimum atomic E-state index is -0.270. The molecule has 0 saturated carbocycles. The van der Waals surface area contributed by atoms with Crippen molar-refractivity contribution in [2.24, 2.45) is 0 Å². The van der Waals surface area contributed by atoms with Crippen molar-refractivity contribution in [2.75, 3.05) is 18.6 Å². The molecule has 6 heteroatoms. The average molecular weight is 201 g/mol. The van der Waals surface area contributed by atoms with Crippen LogP contribution in [0.5, 0.6) is 0 Å². The number of aromatic nitrogens is 2. The molecule has 0 aliphatic rings. The van der Waals surface area contributed by atoms with Crippen molar-refractivity contribution >= 4 is 22.9 Å². The Morgan fingerprint density at radius 1 is 1.85 bits per heavy atom. The monoisotopic (exact) mass is 201 g/mol. The third kappa shape index (κ3) is 3.37. The molecule has 0 aliphatic heterocycles. The largest absolute Gasteiger partial charge is 0.461 e. The molecule has 5 nitrogen and oxygen atoms in total. The van der Waals surface area contributed by atoms with Gasteiger partial charge < -0.3 is 15.0 Å². The lowest BCUT2D eigenvalue weighted by molar-refractivity contribution is 0.200. The van der Waals surface area contributed by atoms with Gasteiger partial charge in [0.05, 0.1) is 13.4 Å². The number of ether oxygens (including phenoxy) is 1. The predicted octanol–water partition coefficient (Wildman–Crippen LogP) is 0.965. The molecule has 0 atom stereocenters. The number of imidazole rings is 1. The lowest BCUT2D eigenvalue weighted by Gasteiger charge is -1.99. The molecular weight excluding hydrogens is 190 g/mol. The molecule has 0 radical (unpaired) electrons. The fourth-order valence-electron chi connectivity index (χ4n) is 0.793. The zero-order valence-corrected chi connectivity index (χ0v) is 8.08. The highest BCUT2D eigenvalue weighted by molar-refractivity contribution is 8.13. The van der Waals surface area contributed by atoms with Gasteiger partial charge in [-0.15, -0.1) is 0 Å². The standard InChI is InChI=1S/C7H11N3O2S/c1-12-7(11)13-3-2-10-4-6(8)9-5-10/h4-5H,2-3,8H2,1H3. The van der Waals surface area contributed by atoms with Gasteiger partial charge in [-0.3, -0.25) is 0 Å². The van der Waals surface area contributed by atoms with Crippen LogP contribution in [0, 0.1) is 0 Å². The molecule has 0 unspecified atom stereocenters. The van der Waals surface area contributed by atoms with Crippen molar-refractivity contribution in [2.45, 2.75) is 6.54 Å². The van der Waals surface area contributed by atoms with E-state index in [1.165, 1.54) is 7.11 Å². The number of rotatable bonds is 3. The summed E-state index contributed by atoms with van der Waals surface area (Å²) in [7, 11) is 1.37. The molecule has 0 spiro atoms. The van der Waals surface area contributed by atoms with E-state index in [2.05, 4.69) is 9.72 Å². The van der Waals surface area contributed by atoms with E-state index in [1.54, 1.807) is 12.5 Å². The number of thioether (sulfide) groups is 1. The number of aryl methyl sites for hydroxylation is 1. The summed E-state index contributed by atoms with van der Waals surface area (Å²) in [6.07, 6.45) is 3.35. The van der Waals surface area contributed by atoms with Gasteiger partial charge >= 0.3 is 5.30 Å². The number of nitrogens with two attached hydrogens (primary N) is 1. The van der Waals surface area contributed by atoms with Crippen LogP contribution in [-0.4, -0.2) is 27.7 Å². The minimum absolute atomic E-state index is 0.270. The first-order valence-corrected chi connectivity index (χ1v) is 4.69. The van der Waals surface area contributed by atoms with Crippen molar-refractivity contribution in [3.63, 3.8) is 0 Å². The SMILES string of the molecule is COC(=O)SCCn1cnc(N)c1. The molecule has 0 aliphatic carbocycles. The third-order valence-electron chi connectivity index (χ3n) is 1.39. The molecule has 2 N–H and O–H groups in total. The van der Waals surface area contributed by atoms with Crippen LogP contribution in [0.15, 0.2) is 12.5 Å². The number of carbonyl (C=O) groups is 1. The first-order valence-electron chi connectivity index (χ1n) is 3.70. The molecular formula is C7H11N3O2S. The van der Waals surface area contributed by atoms with Crippen LogP contribution in [0.4, 0.5) is 10.6 Å². The van der Waals surface area contributed by atoms with Gasteiger partial charge in [0.15, 0.2) is 0 Å². The van der Waals surface area contributed by atoms with Gasteiger partial charge in [0.2, 0.25) is 0 Å². The second-order valence-electron chi connectivity index (χ2n) is 2.34. The molecule has 1 rings (SSSR count). The fraction of sp³-hybridized carbons (Fsp3) is 0.429. The Balaban J connectivity index is 2.24. The van der Waals surface area contributed by atoms with Crippen LogP contribution >= 0.6 is 11.8 Å². The second kappa shape index (κ2) is 4.76. The molecule has 13 heavy (non-hydrogen) atoms. The Morgan fingerprint density at radius 2 is 2.62 bits per heavy atom. The average Bonchev–Trinajstić information content (AvgIpc) is 2.51. The predicted molar refractivity (Wildman–Crippen MR) is 51.5 cm³/mol. The Morgan fingerprint density at radius 3 is 3.15 bits per heavy atom. The zero-order valence-electron chi connectivity index (χ0n) is 7.27. The van der Waals surface area contributed by atoms with Crippen LogP contribution in [0.1, 0.15) is 0 Å². The van der Waals surface area contributed by atoms with Crippen molar-refractivity contribution in [1.29, 1.82) is 0 Å². The van der Waals surface area contributed by atoms with Crippen molar-refractivity contribution in [1.82, 2.24) is 9.55 Å². The molecule has 1 aromatic rings. The van der Waals surface area contributed by atoms with E-state index in [1.807, 2.05) is 4.57 Å². The third-order valence-corrected chi connectivity index (χ3v) is 2.18. The van der Waals surface area contributed by atoms with E-state index in [0.717, 1.165) is 11.8 Å². The smallest absolute Gasteiger partial charge is 0.367 e. The van der Waals surface area contributed by atoms with E-state index in [-0.39, 0.29) is 5.30 Å². The van der Waals surface area contributed by atoms with E-state index >= 15 is 0 Å². The lowest BCUT2D eigenvalue weighted by atomic mass is 10.7. The minimum Gasteiger partial charge on any atom is -0.461 e. The van der Waals surface area contributed by atoms with E-state index < -0.39 is 0 Å². The summed E-state index contributed by atoms with van der Waals surface area (Å²) < 4.78 is 6.29. The van der Waals surface area contributed by atoms with Crippen molar-refractivity contribution < 1.29 is 9.53 Å². The van der Waals surface area contributed by atoms with Crippen LogP contribution in [0.25, 0.3) is 0 Å². The number of hydrogen-bond donors (Lipinski definition) is 1. The normalized spacial score (nSPS) is 9.92. The zero-order chi connectivity index (χ0) is 9.68. The summed E-state index contributed by atoms with van der Waals surface area (Å²) in [5.74, 6) is 1.14. The molecule has 0 aromatic carbocycles. The highest BCUT2D eigenvalue weighted by Crippen LogP contribution is 2.05. The quantitative estimate of drug-likeness (QED) is 0.738. The van der Waals surface area contributed by atoms with Crippen LogP contribution in [-0.2, 0) is 11.3 Å². The first kappa shape index (κ1) is 9.91. The van der Waals surface area contributed by atoms with Gasteiger partial charge in [-0.1, -0.05) is 0 Å². The summed E-state index contributed by atoms with van der Waals surface area (Å²) in [4.78, 5) is 14.5.